The molecular formula is C18H26NO2+. The van der Waals surface area contributed by atoms with Crippen molar-refractivity contribution in [3.63, 3.8) is 0 Å². The minimum absolute atomic E-state index is 0.339. The SMILES string of the molecule is C=CC[NH+]1Cc2cc(OC)c(OC)cc2C2(CCCC2)C1. The highest BCUT2D eigenvalue weighted by atomic mass is 16.5. The molecule has 2 aliphatic rings. The molecule has 0 saturated heterocycles. The lowest BCUT2D eigenvalue weighted by atomic mass is 9.73. The molecule has 1 N–H and O–H groups in total. The molecule has 3 nitrogen and oxygen atoms in total. The van der Waals surface area contributed by atoms with Crippen molar-refractivity contribution in [2.24, 2.45) is 0 Å². The molecule has 1 saturated carbocycles. The number of benzene rings is 1. The first-order valence-corrected chi connectivity index (χ1v) is 7.92. The van der Waals surface area contributed by atoms with E-state index in [0.29, 0.717) is 5.41 Å². The first kappa shape index (κ1) is 14.5. The molecule has 0 aromatic heterocycles. The van der Waals surface area contributed by atoms with Crippen LogP contribution in [0.15, 0.2) is 24.8 Å². The van der Waals surface area contributed by atoms with Crippen molar-refractivity contribution in [1.82, 2.24) is 0 Å². The maximum Gasteiger partial charge on any atom is 0.161 e. The first-order valence-electron chi connectivity index (χ1n) is 7.92. The second-order valence-corrected chi connectivity index (χ2v) is 6.45. The molecule has 0 amide bonds. The smallest absolute Gasteiger partial charge is 0.161 e. The van der Waals surface area contributed by atoms with Crippen molar-refractivity contribution in [3.05, 3.63) is 35.9 Å². The average Bonchev–Trinajstić information content (AvgIpc) is 2.95. The molecule has 0 bridgehead atoms. The molecule has 1 heterocycles. The third-order valence-electron chi connectivity index (χ3n) is 5.20. The Bertz CT molecular complexity index is 532. The summed E-state index contributed by atoms with van der Waals surface area (Å²) in [5.41, 5.74) is 3.27. The van der Waals surface area contributed by atoms with Crippen molar-refractivity contribution < 1.29 is 14.4 Å². The zero-order valence-electron chi connectivity index (χ0n) is 13.2. The van der Waals surface area contributed by atoms with Crippen LogP contribution in [-0.2, 0) is 12.0 Å². The number of hydrogen-bond donors (Lipinski definition) is 1. The van der Waals surface area contributed by atoms with E-state index >= 15 is 0 Å². The number of quaternary nitrogens is 1. The van der Waals surface area contributed by atoms with Gasteiger partial charge in [-0.3, -0.25) is 0 Å². The molecule has 3 heteroatoms. The Morgan fingerprint density at radius 3 is 2.48 bits per heavy atom. The summed E-state index contributed by atoms with van der Waals surface area (Å²) < 4.78 is 11.0. The Morgan fingerprint density at radius 1 is 1.19 bits per heavy atom. The first-order chi connectivity index (χ1) is 10.2. The summed E-state index contributed by atoms with van der Waals surface area (Å²) in [5, 5.41) is 0. The van der Waals surface area contributed by atoms with Crippen LogP contribution in [0, 0.1) is 0 Å². The van der Waals surface area contributed by atoms with Gasteiger partial charge in [-0.15, -0.1) is 0 Å². The Labute approximate surface area is 127 Å². The second kappa shape index (κ2) is 5.72. The maximum atomic E-state index is 5.53. The zero-order chi connectivity index (χ0) is 14.9. The molecule has 1 aliphatic carbocycles. The molecule has 1 aromatic carbocycles. The summed E-state index contributed by atoms with van der Waals surface area (Å²) in [6, 6.07) is 4.43. The topological polar surface area (TPSA) is 22.9 Å². The normalized spacial score (nSPS) is 22.9. The fourth-order valence-corrected chi connectivity index (χ4v) is 4.31. The van der Waals surface area contributed by atoms with Crippen LogP contribution < -0.4 is 14.4 Å². The monoisotopic (exact) mass is 288 g/mol. The fourth-order valence-electron chi connectivity index (χ4n) is 4.31. The van der Waals surface area contributed by atoms with E-state index in [1.54, 1.807) is 19.1 Å². The largest absolute Gasteiger partial charge is 0.493 e. The van der Waals surface area contributed by atoms with Gasteiger partial charge in [-0.05, 0) is 36.6 Å². The number of methoxy groups -OCH3 is 2. The number of rotatable bonds is 4. The standard InChI is InChI=1S/C18H25NO2/c1-4-9-19-12-14-10-16(20-2)17(21-3)11-15(14)18(13-19)7-5-6-8-18/h4,10-11H,1,5-9,12-13H2,2-3H3/p+1. The van der Waals surface area contributed by atoms with Gasteiger partial charge in [0.15, 0.2) is 11.5 Å². The lowest BCUT2D eigenvalue weighted by Crippen LogP contribution is -3.13. The molecule has 1 fully saturated rings. The maximum absolute atomic E-state index is 5.53. The molecular weight excluding hydrogens is 262 g/mol. The summed E-state index contributed by atoms with van der Waals surface area (Å²) in [6.07, 6.45) is 7.33. The van der Waals surface area contributed by atoms with Crippen molar-refractivity contribution in [2.75, 3.05) is 27.3 Å². The van der Waals surface area contributed by atoms with Gasteiger partial charge < -0.3 is 14.4 Å². The highest BCUT2D eigenvalue weighted by Crippen LogP contribution is 2.45. The fraction of sp³-hybridized carbons (Fsp3) is 0.556. The quantitative estimate of drug-likeness (QED) is 0.858. The van der Waals surface area contributed by atoms with Crippen molar-refractivity contribution >= 4 is 0 Å². The van der Waals surface area contributed by atoms with E-state index in [4.69, 9.17) is 9.47 Å². The van der Waals surface area contributed by atoms with Gasteiger partial charge in [0, 0.05) is 11.0 Å². The van der Waals surface area contributed by atoms with Gasteiger partial charge in [0.2, 0.25) is 0 Å². The van der Waals surface area contributed by atoms with Crippen LogP contribution in [0.4, 0.5) is 0 Å². The summed E-state index contributed by atoms with van der Waals surface area (Å²) in [7, 11) is 3.44. The summed E-state index contributed by atoms with van der Waals surface area (Å²) >= 11 is 0. The molecule has 1 atom stereocenters. The van der Waals surface area contributed by atoms with Gasteiger partial charge in [0.05, 0.1) is 27.3 Å². The van der Waals surface area contributed by atoms with Gasteiger partial charge in [0.1, 0.15) is 6.54 Å². The van der Waals surface area contributed by atoms with E-state index in [2.05, 4.69) is 18.7 Å². The van der Waals surface area contributed by atoms with Gasteiger partial charge in [-0.2, -0.15) is 0 Å². The molecule has 21 heavy (non-hydrogen) atoms. The van der Waals surface area contributed by atoms with Gasteiger partial charge in [0.25, 0.3) is 0 Å². The zero-order valence-corrected chi connectivity index (χ0v) is 13.2. The molecule has 3 rings (SSSR count). The summed E-state index contributed by atoms with van der Waals surface area (Å²) in [4.78, 5) is 1.62. The Morgan fingerprint density at radius 2 is 1.86 bits per heavy atom. The third-order valence-corrected chi connectivity index (χ3v) is 5.20. The van der Waals surface area contributed by atoms with Crippen molar-refractivity contribution in [1.29, 1.82) is 0 Å². The Kier molecular flexibility index (Phi) is 3.94. The number of nitrogens with one attached hydrogen (secondary N) is 1. The molecule has 114 valence electrons. The predicted molar refractivity (Wildman–Crippen MR) is 84.3 cm³/mol. The Hall–Kier alpha value is -1.48. The second-order valence-electron chi connectivity index (χ2n) is 6.45. The third kappa shape index (κ3) is 2.44. The van der Waals surface area contributed by atoms with Crippen LogP contribution in [-0.4, -0.2) is 27.3 Å². The van der Waals surface area contributed by atoms with Crippen LogP contribution in [0.5, 0.6) is 11.5 Å². The Balaban J connectivity index is 2.07. The van der Waals surface area contributed by atoms with E-state index in [1.807, 2.05) is 6.08 Å². The summed E-state index contributed by atoms with van der Waals surface area (Å²) in [6.45, 7) is 7.24. The van der Waals surface area contributed by atoms with Crippen LogP contribution >= 0.6 is 0 Å². The van der Waals surface area contributed by atoms with E-state index in [0.717, 1.165) is 24.6 Å². The summed E-state index contributed by atoms with van der Waals surface area (Å²) in [5.74, 6) is 1.72. The van der Waals surface area contributed by atoms with Gasteiger partial charge >= 0.3 is 0 Å². The van der Waals surface area contributed by atoms with E-state index < -0.39 is 0 Å². The minimum Gasteiger partial charge on any atom is -0.493 e. The van der Waals surface area contributed by atoms with Crippen molar-refractivity contribution in [2.45, 2.75) is 37.6 Å². The van der Waals surface area contributed by atoms with Crippen LogP contribution in [0.1, 0.15) is 36.8 Å². The molecule has 1 aromatic rings. The number of ether oxygens (including phenoxy) is 2. The van der Waals surface area contributed by atoms with Crippen LogP contribution in [0.2, 0.25) is 0 Å². The molecule has 0 radical (unpaired) electrons. The predicted octanol–water partition coefficient (Wildman–Crippen LogP) is 2.10. The number of hydrogen-bond acceptors (Lipinski definition) is 2. The van der Waals surface area contributed by atoms with E-state index in [-0.39, 0.29) is 0 Å². The van der Waals surface area contributed by atoms with Crippen LogP contribution in [0.25, 0.3) is 0 Å². The van der Waals surface area contributed by atoms with E-state index in [9.17, 15) is 0 Å². The average molecular weight is 288 g/mol. The van der Waals surface area contributed by atoms with E-state index in [1.165, 1.54) is 43.4 Å². The minimum atomic E-state index is 0.339. The highest BCUT2D eigenvalue weighted by molar-refractivity contribution is 5.50. The van der Waals surface area contributed by atoms with Crippen LogP contribution in [0.3, 0.4) is 0 Å². The number of fused-ring (bicyclic) bond motifs is 2. The highest BCUT2D eigenvalue weighted by Gasteiger charge is 2.44. The van der Waals surface area contributed by atoms with Gasteiger partial charge in [-0.1, -0.05) is 19.4 Å². The van der Waals surface area contributed by atoms with Crippen molar-refractivity contribution in [3.8, 4) is 11.5 Å². The lowest BCUT2D eigenvalue weighted by molar-refractivity contribution is -0.915. The van der Waals surface area contributed by atoms with Gasteiger partial charge in [-0.25, -0.2) is 0 Å². The lowest BCUT2D eigenvalue weighted by Gasteiger charge is -2.39. The molecule has 1 aliphatic heterocycles. The molecule has 1 spiro atoms. The molecule has 1 unspecified atom stereocenters.